The summed E-state index contributed by atoms with van der Waals surface area (Å²) in [6.07, 6.45) is -4.90. The Hall–Kier alpha value is -4.42. The molecule has 4 aromatic carbocycles. The molecule has 0 saturated carbocycles. The van der Waals surface area contributed by atoms with E-state index < -0.39 is 62.7 Å². The summed E-state index contributed by atoms with van der Waals surface area (Å²) in [7, 11) is -4.63. The van der Waals surface area contributed by atoms with Crippen molar-refractivity contribution in [3.05, 3.63) is 131 Å². The highest BCUT2D eigenvalue weighted by Gasteiger charge is 2.37. The maximum absolute atomic E-state index is 14.4. The van der Waals surface area contributed by atoms with E-state index in [1.54, 1.807) is 50.2 Å². The lowest BCUT2D eigenvalue weighted by Crippen LogP contribution is -2.54. The van der Waals surface area contributed by atoms with Gasteiger partial charge in [-0.15, -0.1) is 0 Å². The molecule has 0 aliphatic rings. The van der Waals surface area contributed by atoms with Gasteiger partial charge in [-0.05, 0) is 67.4 Å². The summed E-state index contributed by atoms with van der Waals surface area (Å²) in [5.74, 6) is -1.96. The van der Waals surface area contributed by atoms with Gasteiger partial charge in [-0.25, -0.2) is 12.8 Å². The highest BCUT2D eigenvalue weighted by molar-refractivity contribution is 7.92. The molecular formula is C34H32ClF4N3O4S. The standard InChI is InChI=1S/C34H32ClF4N3O4S/c1-23(2)40-33(44)31(19-24-9-5-3-6-10-24)41(21-25-13-15-26(36)16-14-25)32(43)22-42(47(45,46)28-11-7-4-8-12-28)27-17-18-30(35)29(20-27)34(37,38)39/h3-18,20,23,31H,19,21-22H2,1-2H3,(H,40,44)/t31-/m0/s1. The van der Waals surface area contributed by atoms with Gasteiger partial charge in [-0.1, -0.05) is 72.3 Å². The molecule has 0 fully saturated rings. The number of nitrogens with zero attached hydrogens (tertiary/aromatic N) is 2. The third kappa shape index (κ3) is 9.11. The molecule has 0 radical (unpaired) electrons. The Morgan fingerprint density at radius 2 is 1.45 bits per heavy atom. The van der Waals surface area contributed by atoms with Crippen LogP contribution in [-0.4, -0.2) is 43.8 Å². The van der Waals surface area contributed by atoms with E-state index in [9.17, 15) is 35.6 Å². The summed E-state index contributed by atoms with van der Waals surface area (Å²) in [5.41, 5.74) is -0.640. The lowest BCUT2D eigenvalue weighted by molar-refractivity contribution is -0.140. The van der Waals surface area contributed by atoms with Crippen molar-refractivity contribution in [2.75, 3.05) is 10.8 Å². The maximum Gasteiger partial charge on any atom is 0.417 e. The Balaban J connectivity index is 1.85. The zero-order chi connectivity index (χ0) is 34.4. The molecule has 248 valence electrons. The molecule has 0 heterocycles. The Bertz CT molecular complexity index is 1790. The SMILES string of the molecule is CC(C)NC(=O)[C@H](Cc1ccccc1)N(Cc1ccc(F)cc1)C(=O)CN(c1ccc(Cl)c(C(F)(F)F)c1)S(=O)(=O)c1ccccc1. The molecule has 1 atom stereocenters. The molecule has 0 saturated heterocycles. The molecular weight excluding hydrogens is 658 g/mol. The van der Waals surface area contributed by atoms with Gasteiger partial charge in [0, 0.05) is 19.0 Å². The van der Waals surface area contributed by atoms with E-state index in [2.05, 4.69) is 5.32 Å². The van der Waals surface area contributed by atoms with Gasteiger partial charge < -0.3 is 10.2 Å². The van der Waals surface area contributed by atoms with Crippen LogP contribution in [0.2, 0.25) is 5.02 Å². The number of carbonyl (C=O) groups excluding carboxylic acids is 2. The van der Waals surface area contributed by atoms with E-state index >= 15 is 0 Å². The first-order valence-electron chi connectivity index (χ1n) is 14.5. The Morgan fingerprint density at radius 3 is 2.02 bits per heavy atom. The van der Waals surface area contributed by atoms with Crippen molar-refractivity contribution in [3.8, 4) is 0 Å². The number of rotatable bonds is 12. The number of sulfonamides is 1. The lowest BCUT2D eigenvalue weighted by Gasteiger charge is -2.34. The molecule has 1 N–H and O–H groups in total. The number of halogens is 5. The van der Waals surface area contributed by atoms with Crippen LogP contribution in [0.3, 0.4) is 0 Å². The molecule has 4 rings (SSSR count). The van der Waals surface area contributed by atoms with Crippen molar-refractivity contribution in [3.63, 3.8) is 0 Å². The van der Waals surface area contributed by atoms with Crippen molar-refractivity contribution < 1.29 is 35.6 Å². The summed E-state index contributed by atoms with van der Waals surface area (Å²) in [6.45, 7) is 2.25. The van der Waals surface area contributed by atoms with Crippen LogP contribution in [0.1, 0.15) is 30.5 Å². The van der Waals surface area contributed by atoms with Gasteiger partial charge in [-0.3, -0.25) is 13.9 Å². The molecule has 7 nitrogen and oxygen atoms in total. The number of anilines is 1. The van der Waals surface area contributed by atoms with Gasteiger partial charge in [-0.2, -0.15) is 13.2 Å². The summed E-state index contributed by atoms with van der Waals surface area (Å²) in [6, 6.07) is 22.0. The van der Waals surface area contributed by atoms with Crippen molar-refractivity contribution in [1.29, 1.82) is 0 Å². The molecule has 47 heavy (non-hydrogen) atoms. The number of hydrogen-bond donors (Lipinski definition) is 1. The normalized spacial score (nSPS) is 12.4. The number of benzene rings is 4. The van der Waals surface area contributed by atoms with Gasteiger partial charge in [0.2, 0.25) is 11.8 Å². The number of carbonyl (C=O) groups is 2. The molecule has 4 aromatic rings. The number of alkyl halides is 3. The van der Waals surface area contributed by atoms with Gasteiger partial charge in [0.15, 0.2) is 0 Å². The minimum Gasteiger partial charge on any atom is -0.352 e. The molecule has 0 aromatic heterocycles. The van der Waals surface area contributed by atoms with E-state index in [1.807, 2.05) is 0 Å². The summed E-state index contributed by atoms with van der Waals surface area (Å²) in [5, 5.41) is 2.14. The highest BCUT2D eigenvalue weighted by atomic mass is 35.5. The predicted octanol–water partition coefficient (Wildman–Crippen LogP) is 6.86. The van der Waals surface area contributed by atoms with Gasteiger partial charge in [0.25, 0.3) is 10.0 Å². The first-order chi connectivity index (χ1) is 22.2. The second-order valence-corrected chi connectivity index (χ2v) is 13.3. The Morgan fingerprint density at radius 1 is 0.851 bits per heavy atom. The van der Waals surface area contributed by atoms with Crippen LogP contribution in [0.5, 0.6) is 0 Å². The molecule has 2 amide bonds. The second kappa shape index (κ2) is 15.0. The summed E-state index contributed by atoms with van der Waals surface area (Å²) < 4.78 is 84.0. The van der Waals surface area contributed by atoms with Gasteiger partial charge in [0.05, 0.1) is 21.2 Å². The van der Waals surface area contributed by atoms with Gasteiger partial charge >= 0.3 is 6.18 Å². The van der Waals surface area contributed by atoms with Crippen LogP contribution in [0.25, 0.3) is 0 Å². The fourth-order valence-electron chi connectivity index (χ4n) is 4.86. The fraction of sp³-hybridized carbons (Fsp3) is 0.235. The molecule has 0 bridgehead atoms. The predicted molar refractivity (Wildman–Crippen MR) is 172 cm³/mol. The maximum atomic E-state index is 14.4. The molecule has 0 spiro atoms. The third-order valence-corrected chi connectivity index (χ3v) is 9.24. The average Bonchev–Trinajstić information content (AvgIpc) is 3.02. The molecule has 0 aliphatic carbocycles. The minimum atomic E-state index is -4.93. The van der Waals surface area contributed by atoms with Crippen molar-refractivity contribution >= 4 is 39.1 Å². The van der Waals surface area contributed by atoms with Crippen LogP contribution < -0.4 is 9.62 Å². The zero-order valence-electron chi connectivity index (χ0n) is 25.4. The van der Waals surface area contributed by atoms with Crippen LogP contribution in [-0.2, 0) is 38.8 Å². The van der Waals surface area contributed by atoms with Crippen LogP contribution in [0.15, 0.2) is 108 Å². The second-order valence-electron chi connectivity index (χ2n) is 11.0. The first-order valence-corrected chi connectivity index (χ1v) is 16.3. The smallest absolute Gasteiger partial charge is 0.352 e. The van der Waals surface area contributed by atoms with Crippen LogP contribution in [0.4, 0.5) is 23.2 Å². The van der Waals surface area contributed by atoms with E-state index in [1.165, 1.54) is 48.5 Å². The largest absolute Gasteiger partial charge is 0.417 e. The van der Waals surface area contributed by atoms with Crippen molar-refractivity contribution in [2.24, 2.45) is 0 Å². The van der Waals surface area contributed by atoms with Crippen molar-refractivity contribution in [1.82, 2.24) is 10.2 Å². The number of hydrogen-bond acceptors (Lipinski definition) is 4. The van der Waals surface area contributed by atoms with Gasteiger partial charge in [0.1, 0.15) is 18.4 Å². The summed E-state index contributed by atoms with van der Waals surface area (Å²) >= 11 is 5.83. The quantitative estimate of drug-likeness (QED) is 0.165. The summed E-state index contributed by atoms with van der Waals surface area (Å²) in [4.78, 5) is 28.9. The molecule has 13 heteroatoms. The topological polar surface area (TPSA) is 86.8 Å². The number of amides is 2. The van der Waals surface area contributed by atoms with Crippen LogP contribution >= 0.6 is 11.6 Å². The lowest BCUT2D eigenvalue weighted by atomic mass is 10.0. The highest BCUT2D eigenvalue weighted by Crippen LogP contribution is 2.38. The van der Waals surface area contributed by atoms with E-state index in [0.717, 1.165) is 17.0 Å². The van der Waals surface area contributed by atoms with Crippen molar-refractivity contribution in [2.45, 2.75) is 50.0 Å². The number of nitrogens with one attached hydrogen (secondary N) is 1. The Labute approximate surface area is 275 Å². The first kappa shape index (κ1) is 35.4. The van der Waals surface area contributed by atoms with E-state index in [4.69, 9.17) is 11.6 Å². The monoisotopic (exact) mass is 689 g/mol. The molecule has 0 unspecified atom stereocenters. The van der Waals surface area contributed by atoms with E-state index in [0.29, 0.717) is 21.5 Å². The van der Waals surface area contributed by atoms with Crippen LogP contribution in [0, 0.1) is 5.82 Å². The average molecular weight is 690 g/mol. The fourth-order valence-corrected chi connectivity index (χ4v) is 6.51. The van der Waals surface area contributed by atoms with E-state index in [-0.39, 0.29) is 23.9 Å². The zero-order valence-corrected chi connectivity index (χ0v) is 27.0. The minimum absolute atomic E-state index is 0.0247. The Kier molecular flexibility index (Phi) is 11.3. The third-order valence-electron chi connectivity index (χ3n) is 7.12. The molecule has 0 aliphatic heterocycles.